The maximum Gasteiger partial charge on any atom is 0.313 e. The first-order valence-electron chi connectivity index (χ1n) is 19.1. The molecule has 9 atom stereocenters. The van der Waals surface area contributed by atoms with Gasteiger partial charge in [-0.2, -0.15) is 0 Å². The number of nitrogens with zero attached hydrogens (tertiary/aromatic N) is 2. The van der Waals surface area contributed by atoms with Gasteiger partial charge in [-0.25, -0.2) is 0 Å². The van der Waals surface area contributed by atoms with Gasteiger partial charge in [0.05, 0.1) is 53.9 Å². The minimum Gasteiger partial charge on any atom is -0.455 e. The third-order valence-corrected chi connectivity index (χ3v) is 12.3. The van der Waals surface area contributed by atoms with Crippen molar-refractivity contribution in [2.45, 2.75) is 73.4 Å². The van der Waals surface area contributed by atoms with E-state index in [1.165, 1.54) is 16.9 Å². The lowest BCUT2D eigenvalue weighted by Gasteiger charge is -2.40. The summed E-state index contributed by atoms with van der Waals surface area (Å²) in [5.74, 6) is -4.25. The van der Waals surface area contributed by atoms with Gasteiger partial charge >= 0.3 is 5.97 Å². The number of nitrogens with one attached hydrogen (secondary N) is 1. The molecule has 1 spiro atoms. The van der Waals surface area contributed by atoms with Crippen molar-refractivity contribution in [3.8, 4) is 0 Å². The Morgan fingerprint density at radius 2 is 1.79 bits per heavy atom. The lowest BCUT2D eigenvalue weighted by molar-refractivity contribution is -0.163. The van der Waals surface area contributed by atoms with Crippen LogP contribution in [0.4, 0.5) is 5.69 Å². The third-order valence-electron chi connectivity index (χ3n) is 11.2. The fraction of sp³-hybridized carbons (Fsp3) is 0.409. The molecule has 1 unspecified atom stereocenters. The Balaban J connectivity index is 1.43. The number of amides is 3. The maximum absolute atomic E-state index is 15.4. The number of benzene rings is 3. The van der Waals surface area contributed by atoms with Crippen molar-refractivity contribution in [3.63, 3.8) is 0 Å². The van der Waals surface area contributed by atoms with E-state index < -0.39 is 77.0 Å². The summed E-state index contributed by atoms with van der Waals surface area (Å²) >= 11 is 10.5. The Hall–Kier alpha value is -4.33. The molecular weight excluding hydrogens is 814 g/mol. The van der Waals surface area contributed by atoms with Crippen molar-refractivity contribution in [1.82, 2.24) is 10.2 Å². The van der Waals surface area contributed by atoms with Crippen molar-refractivity contribution < 1.29 is 38.5 Å². The molecule has 3 fully saturated rings. The van der Waals surface area contributed by atoms with Crippen LogP contribution >= 0.6 is 27.5 Å². The molecular formula is C44H49BrClN3O8. The van der Waals surface area contributed by atoms with Gasteiger partial charge in [0.15, 0.2) is 0 Å². The van der Waals surface area contributed by atoms with Crippen LogP contribution < -0.4 is 10.2 Å². The highest BCUT2D eigenvalue weighted by Crippen LogP contribution is 2.61. The highest BCUT2D eigenvalue weighted by Gasteiger charge is 2.77. The molecule has 0 saturated carbocycles. The highest BCUT2D eigenvalue weighted by molar-refractivity contribution is 9.09. The molecule has 6 rings (SSSR count). The molecule has 0 aromatic heterocycles. The van der Waals surface area contributed by atoms with Gasteiger partial charge in [0.1, 0.15) is 17.7 Å². The molecule has 3 aromatic carbocycles. The zero-order valence-electron chi connectivity index (χ0n) is 32.1. The molecule has 3 aromatic rings. The van der Waals surface area contributed by atoms with E-state index in [1.54, 1.807) is 48.6 Å². The minimum absolute atomic E-state index is 0.0211. The largest absolute Gasteiger partial charge is 0.455 e. The number of rotatable bonds is 18. The fourth-order valence-corrected chi connectivity index (χ4v) is 10.1. The van der Waals surface area contributed by atoms with E-state index in [9.17, 15) is 14.7 Å². The number of carbonyl (C=O) groups excluding carboxylic acids is 4. The van der Waals surface area contributed by atoms with E-state index in [-0.39, 0.29) is 38.3 Å². The number of aliphatic hydroxyl groups is 1. The topological polar surface area (TPSA) is 135 Å². The number of hydrogen-bond donors (Lipinski definition) is 2. The third kappa shape index (κ3) is 8.33. The number of fused-ring (bicyclic) bond motifs is 1. The summed E-state index contributed by atoms with van der Waals surface area (Å²) in [6.45, 7) is 9.08. The van der Waals surface area contributed by atoms with Crippen LogP contribution in [0, 0.1) is 18.8 Å². The first-order chi connectivity index (χ1) is 27.5. The van der Waals surface area contributed by atoms with Crippen LogP contribution in [-0.2, 0) is 39.8 Å². The van der Waals surface area contributed by atoms with E-state index in [0.717, 1.165) is 11.1 Å². The average Bonchev–Trinajstić information content (AvgIpc) is 3.81. The summed E-state index contributed by atoms with van der Waals surface area (Å²) < 4.78 is 18.7. The van der Waals surface area contributed by atoms with E-state index >= 15 is 9.59 Å². The van der Waals surface area contributed by atoms with Crippen LogP contribution in [0.5, 0.6) is 0 Å². The number of carbonyl (C=O) groups is 4. The number of anilines is 1. The number of esters is 1. The van der Waals surface area contributed by atoms with Crippen LogP contribution in [-0.4, -0.2) is 95.2 Å². The monoisotopic (exact) mass is 861 g/mol. The smallest absolute Gasteiger partial charge is 0.313 e. The lowest BCUT2D eigenvalue weighted by atomic mass is 9.70. The van der Waals surface area contributed by atoms with Crippen molar-refractivity contribution in [3.05, 3.63) is 126 Å². The van der Waals surface area contributed by atoms with Gasteiger partial charge < -0.3 is 34.4 Å². The lowest BCUT2D eigenvalue weighted by Crippen LogP contribution is -2.59. The quantitative estimate of drug-likeness (QED) is 0.0918. The number of para-hydroxylation sites is 1. The van der Waals surface area contributed by atoms with Gasteiger partial charge in [0.2, 0.25) is 11.8 Å². The van der Waals surface area contributed by atoms with Crippen LogP contribution in [0.1, 0.15) is 42.1 Å². The SMILES string of the molecule is C=CCCC(=O)N[C@@H](COC)[C@@H](OC(=O)[C@@H]1[C@H]2O[C@@]3(CC2Br)[C@H](C(=O)N(CC=C)c2c(C)cccc2Cl)N([C@@H](CO)Cc2ccccc2)C(=O)[C@@H]13)c1ccccc1. The van der Waals surface area contributed by atoms with Crippen LogP contribution in [0.3, 0.4) is 0 Å². The molecule has 57 heavy (non-hydrogen) atoms. The Morgan fingerprint density at radius 1 is 1.09 bits per heavy atom. The molecule has 302 valence electrons. The van der Waals surface area contributed by atoms with Crippen LogP contribution in [0.15, 0.2) is 104 Å². The Kier molecular flexibility index (Phi) is 13.7. The van der Waals surface area contributed by atoms with Crippen molar-refractivity contribution in [2.24, 2.45) is 11.8 Å². The van der Waals surface area contributed by atoms with E-state index in [1.807, 2.05) is 49.4 Å². The van der Waals surface area contributed by atoms with E-state index in [0.29, 0.717) is 22.7 Å². The van der Waals surface area contributed by atoms with Crippen molar-refractivity contribution in [2.75, 3.05) is 31.8 Å². The molecule has 3 saturated heterocycles. The van der Waals surface area contributed by atoms with Gasteiger partial charge in [0.25, 0.3) is 5.91 Å². The number of methoxy groups -OCH3 is 1. The van der Waals surface area contributed by atoms with Gasteiger partial charge in [-0.05, 0) is 48.9 Å². The molecule has 3 heterocycles. The minimum atomic E-state index is -1.48. The Bertz CT molecular complexity index is 1930. The molecule has 3 aliphatic rings. The zero-order valence-corrected chi connectivity index (χ0v) is 34.4. The number of likely N-dealkylation sites (tertiary alicyclic amines) is 1. The predicted octanol–water partition coefficient (Wildman–Crippen LogP) is 5.90. The number of halogens is 2. The molecule has 13 heteroatoms. The molecule has 2 bridgehead atoms. The van der Waals surface area contributed by atoms with E-state index in [4.69, 9.17) is 25.8 Å². The number of hydrogen-bond acceptors (Lipinski definition) is 8. The van der Waals surface area contributed by atoms with Gasteiger partial charge in [-0.1, -0.05) is 112 Å². The number of alkyl halides is 1. The second-order valence-corrected chi connectivity index (χ2v) is 16.4. The Labute approximate surface area is 347 Å². The standard InChI is InChI=1S/C44H49BrClN3O8/c1-5-7-21-34(51)47-33(26-55-4)38(29-18-12-9-13-19-29)56-43(54)35-36-41(52)49(30(25-50)23-28-16-10-8-11-17-28)40(44(36)24-31(45)39(35)57-44)42(53)48(22-6-2)37-27(3)15-14-20-32(37)46/h5-6,8-20,30-31,33,35-36,38-40,50H,1-2,7,21-26H2,3-4H3,(H,47,51)/t30-,31?,33+,35+,36-,38+,39+,40+,44-/m1/s1. The summed E-state index contributed by atoms with van der Waals surface area (Å²) in [6.07, 6.45) is 2.49. The summed E-state index contributed by atoms with van der Waals surface area (Å²) in [7, 11) is 1.49. The average molecular weight is 863 g/mol. The molecule has 0 radical (unpaired) electrons. The Morgan fingerprint density at radius 3 is 2.42 bits per heavy atom. The van der Waals surface area contributed by atoms with Crippen molar-refractivity contribution in [1.29, 1.82) is 0 Å². The summed E-state index contributed by atoms with van der Waals surface area (Å²) in [6, 6.07) is 20.8. The van der Waals surface area contributed by atoms with Crippen molar-refractivity contribution >= 4 is 56.9 Å². The fourth-order valence-electron chi connectivity index (χ4n) is 8.80. The molecule has 0 aliphatic carbocycles. The first kappa shape index (κ1) is 42.3. The van der Waals surface area contributed by atoms with Gasteiger partial charge in [-0.3, -0.25) is 19.2 Å². The summed E-state index contributed by atoms with van der Waals surface area (Å²) in [5.41, 5.74) is 1.17. The number of allylic oxidation sites excluding steroid dienone is 1. The number of aryl methyl sites for hydroxylation is 1. The zero-order chi connectivity index (χ0) is 40.9. The second-order valence-electron chi connectivity index (χ2n) is 14.8. The van der Waals surface area contributed by atoms with Crippen LogP contribution in [0.2, 0.25) is 5.02 Å². The predicted molar refractivity (Wildman–Crippen MR) is 221 cm³/mol. The number of aliphatic hydroxyl groups excluding tert-OH is 1. The first-order valence-corrected chi connectivity index (χ1v) is 20.4. The van der Waals surface area contributed by atoms with Crippen LogP contribution in [0.25, 0.3) is 0 Å². The molecule has 3 amide bonds. The maximum atomic E-state index is 15.4. The summed E-state index contributed by atoms with van der Waals surface area (Å²) in [4.78, 5) is 60.9. The normalized spacial score (nSPS) is 25.0. The molecule has 2 N–H and O–H groups in total. The van der Waals surface area contributed by atoms with Gasteiger partial charge in [-0.15, -0.1) is 13.2 Å². The highest BCUT2D eigenvalue weighted by atomic mass is 79.9. The van der Waals surface area contributed by atoms with E-state index in [2.05, 4.69) is 34.4 Å². The second kappa shape index (κ2) is 18.5. The van der Waals surface area contributed by atoms with Gasteiger partial charge in [0, 0.05) is 24.9 Å². The molecule has 11 nitrogen and oxygen atoms in total. The summed E-state index contributed by atoms with van der Waals surface area (Å²) in [5, 5.41) is 14.3. The molecule has 3 aliphatic heterocycles. The number of ether oxygens (including phenoxy) is 3.